The molecule has 1 aromatic carbocycles. The van der Waals surface area contributed by atoms with E-state index in [1.54, 1.807) is 12.3 Å². The highest BCUT2D eigenvalue weighted by Crippen LogP contribution is 2.22. The summed E-state index contributed by atoms with van der Waals surface area (Å²) in [4.78, 5) is 31.7. The van der Waals surface area contributed by atoms with Crippen molar-refractivity contribution in [2.45, 2.75) is 52.5 Å². The maximum atomic E-state index is 13.0. The first kappa shape index (κ1) is 19.1. The monoisotopic (exact) mass is 365 g/mol. The third kappa shape index (κ3) is 4.35. The van der Waals surface area contributed by atoms with E-state index in [1.165, 1.54) is 12.6 Å². The molecule has 0 radical (unpaired) electrons. The van der Waals surface area contributed by atoms with Crippen LogP contribution in [-0.4, -0.2) is 34.3 Å². The molecule has 1 unspecified atom stereocenters. The van der Waals surface area contributed by atoms with Gasteiger partial charge in [0.25, 0.3) is 11.8 Å². The SMILES string of the molecule is CCC1CCCCN1C(=O)c1cncc(C(=O)Nc2cc(C)ccc2C)c1. The first-order valence-corrected chi connectivity index (χ1v) is 9.64. The van der Waals surface area contributed by atoms with Gasteiger partial charge in [0.2, 0.25) is 0 Å². The minimum atomic E-state index is -0.253. The van der Waals surface area contributed by atoms with Gasteiger partial charge in [0.15, 0.2) is 0 Å². The molecule has 0 saturated carbocycles. The molecule has 2 aromatic rings. The van der Waals surface area contributed by atoms with Crippen LogP contribution in [0.3, 0.4) is 0 Å². The molecule has 1 N–H and O–H groups in total. The number of pyridine rings is 1. The van der Waals surface area contributed by atoms with E-state index in [-0.39, 0.29) is 17.9 Å². The van der Waals surface area contributed by atoms with Gasteiger partial charge in [-0.2, -0.15) is 0 Å². The van der Waals surface area contributed by atoms with Crippen LogP contribution in [0.2, 0.25) is 0 Å². The van der Waals surface area contributed by atoms with Crippen molar-refractivity contribution in [1.82, 2.24) is 9.88 Å². The van der Waals surface area contributed by atoms with Crippen molar-refractivity contribution in [2.24, 2.45) is 0 Å². The van der Waals surface area contributed by atoms with Gasteiger partial charge in [-0.3, -0.25) is 14.6 Å². The molecule has 2 amide bonds. The summed E-state index contributed by atoms with van der Waals surface area (Å²) in [5.41, 5.74) is 3.72. The quantitative estimate of drug-likeness (QED) is 0.876. The molecule has 1 fully saturated rings. The Morgan fingerprint density at radius 2 is 1.93 bits per heavy atom. The predicted molar refractivity (Wildman–Crippen MR) is 107 cm³/mol. The molecule has 142 valence electrons. The number of aromatic nitrogens is 1. The van der Waals surface area contributed by atoms with E-state index >= 15 is 0 Å². The maximum Gasteiger partial charge on any atom is 0.257 e. The Kier molecular flexibility index (Phi) is 5.89. The lowest BCUT2D eigenvalue weighted by Gasteiger charge is -2.35. The van der Waals surface area contributed by atoms with E-state index in [9.17, 15) is 9.59 Å². The molecule has 1 saturated heterocycles. The second-order valence-electron chi connectivity index (χ2n) is 7.29. The van der Waals surface area contributed by atoms with Gasteiger partial charge >= 0.3 is 0 Å². The van der Waals surface area contributed by atoms with Crippen molar-refractivity contribution in [1.29, 1.82) is 0 Å². The summed E-state index contributed by atoms with van der Waals surface area (Å²) in [7, 11) is 0. The molecule has 27 heavy (non-hydrogen) atoms. The van der Waals surface area contributed by atoms with Crippen molar-refractivity contribution >= 4 is 17.5 Å². The number of hydrogen-bond acceptors (Lipinski definition) is 3. The van der Waals surface area contributed by atoms with E-state index in [0.29, 0.717) is 11.1 Å². The lowest BCUT2D eigenvalue weighted by atomic mass is 9.99. The Bertz CT molecular complexity index is 847. The zero-order valence-corrected chi connectivity index (χ0v) is 16.3. The van der Waals surface area contributed by atoms with Crippen molar-refractivity contribution in [3.05, 3.63) is 58.9 Å². The normalized spacial score (nSPS) is 16.9. The number of nitrogens with zero attached hydrogens (tertiary/aromatic N) is 2. The van der Waals surface area contributed by atoms with Crippen LogP contribution in [0.25, 0.3) is 0 Å². The number of amides is 2. The van der Waals surface area contributed by atoms with Crippen molar-refractivity contribution in [2.75, 3.05) is 11.9 Å². The number of anilines is 1. The topological polar surface area (TPSA) is 62.3 Å². The van der Waals surface area contributed by atoms with Gasteiger partial charge in [0.05, 0.1) is 11.1 Å². The Labute approximate surface area is 160 Å². The van der Waals surface area contributed by atoms with Crippen LogP contribution in [-0.2, 0) is 0 Å². The van der Waals surface area contributed by atoms with Gasteiger partial charge in [-0.25, -0.2) is 0 Å². The van der Waals surface area contributed by atoms with Crippen LogP contribution in [0.5, 0.6) is 0 Å². The first-order valence-electron chi connectivity index (χ1n) is 9.64. The lowest BCUT2D eigenvalue weighted by Crippen LogP contribution is -2.43. The van der Waals surface area contributed by atoms with Gasteiger partial charge in [-0.1, -0.05) is 19.1 Å². The molecular weight excluding hydrogens is 338 g/mol. The minimum absolute atomic E-state index is 0.0320. The summed E-state index contributed by atoms with van der Waals surface area (Å²) in [6, 6.07) is 7.85. The number of rotatable bonds is 4. The maximum absolute atomic E-state index is 13.0. The molecular formula is C22H27N3O2. The third-order valence-electron chi connectivity index (χ3n) is 5.25. The first-order chi connectivity index (χ1) is 13.0. The molecule has 5 nitrogen and oxygen atoms in total. The van der Waals surface area contributed by atoms with Gasteiger partial charge in [0.1, 0.15) is 0 Å². The Hall–Kier alpha value is -2.69. The average Bonchev–Trinajstić information content (AvgIpc) is 2.70. The van der Waals surface area contributed by atoms with E-state index in [4.69, 9.17) is 0 Å². The highest BCUT2D eigenvalue weighted by molar-refractivity contribution is 6.06. The van der Waals surface area contributed by atoms with Gasteiger partial charge in [-0.15, -0.1) is 0 Å². The number of carbonyl (C=O) groups is 2. The van der Waals surface area contributed by atoms with Crippen LogP contribution in [0.4, 0.5) is 5.69 Å². The third-order valence-corrected chi connectivity index (χ3v) is 5.25. The lowest BCUT2D eigenvalue weighted by molar-refractivity contribution is 0.0607. The predicted octanol–water partition coefficient (Wildman–Crippen LogP) is 4.36. The van der Waals surface area contributed by atoms with E-state index in [2.05, 4.69) is 17.2 Å². The summed E-state index contributed by atoms with van der Waals surface area (Å²) in [6.07, 6.45) is 7.25. The number of hydrogen-bond donors (Lipinski definition) is 1. The largest absolute Gasteiger partial charge is 0.336 e. The van der Waals surface area contributed by atoms with Crippen LogP contribution >= 0.6 is 0 Å². The molecule has 1 aromatic heterocycles. The second-order valence-corrected chi connectivity index (χ2v) is 7.29. The second kappa shape index (κ2) is 8.33. The van der Waals surface area contributed by atoms with Crippen molar-refractivity contribution in [3.63, 3.8) is 0 Å². The minimum Gasteiger partial charge on any atom is -0.336 e. The molecule has 1 aliphatic rings. The van der Waals surface area contributed by atoms with E-state index in [1.807, 2.05) is 36.9 Å². The molecule has 3 rings (SSSR count). The summed E-state index contributed by atoms with van der Waals surface area (Å²) in [5, 5.41) is 2.93. The highest BCUT2D eigenvalue weighted by Gasteiger charge is 2.26. The molecule has 0 spiro atoms. The number of benzene rings is 1. The van der Waals surface area contributed by atoms with Crippen LogP contribution < -0.4 is 5.32 Å². The number of likely N-dealkylation sites (tertiary alicyclic amines) is 1. The van der Waals surface area contributed by atoms with Gasteiger partial charge in [-0.05, 0) is 62.8 Å². The number of piperidine rings is 1. The number of carbonyl (C=O) groups excluding carboxylic acids is 2. The fourth-order valence-corrected chi connectivity index (χ4v) is 3.60. The van der Waals surface area contributed by atoms with Crippen LogP contribution in [0.1, 0.15) is 64.4 Å². The standard InChI is InChI=1S/C22H27N3O2/c1-4-19-7-5-6-10-25(19)22(27)18-12-17(13-23-14-18)21(26)24-20-11-15(2)8-9-16(20)3/h8-9,11-14,19H,4-7,10H2,1-3H3,(H,24,26). The summed E-state index contributed by atoms with van der Waals surface area (Å²) < 4.78 is 0. The van der Waals surface area contributed by atoms with Crippen molar-refractivity contribution in [3.8, 4) is 0 Å². The Morgan fingerprint density at radius 1 is 1.15 bits per heavy atom. The number of nitrogens with one attached hydrogen (secondary N) is 1. The van der Waals surface area contributed by atoms with E-state index < -0.39 is 0 Å². The zero-order chi connectivity index (χ0) is 19.4. The average molecular weight is 365 g/mol. The molecule has 2 heterocycles. The van der Waals surface area contributed by atoms with Crippen LogP contribution in [0, 0.1) is 13.8 Å². The smallest absolute Gasteiger partial charge is 0.257 e. The Morgan fingerprint density at radius 3 is 2.70 bits per heavy atom. The molecule has 1 aliphatic heterocycles. The highest BCUT2D eigenvalue weighted by atomic mass is 16.2. The molecule has 1 atom stereocenters. The molecule has 0 aliphatic carbocycles. The van der Waals surface area contributed by atoms with Crippen molar-refractivity contribution < 1.29 is 9.59 Å². The molecule has 0 bridgehead atoms. The summed E-state index contributed by atoms with van der Waals surface area (Å²) in [6.45, 7) is 6.83. The zero-order valence-electron chi connectivity index (χ0n) is 16.3. The van der Waals surface area contributed by atoms with Gasteiger partial charge in [0, 0.05) is 30.7 Å². The fourth-order valence-electron chi connectivity index (χ4n) is 3.60. The fraction of sp³-hybridized carbons (Fsp3) is 0.409. The summed E-state index contributed by atoms with van der Waals surface area (Å²) in [5.74, 6) is -0.285. The molecule has 5 heteroatoms. The Balaban J connectivity index is 1.79. The van der Waals surface area contributed by atoms with Gasteiger partial charge < -0.3 is 10.2 Å². The van der Waals surface area contributed by atoms with E-state index in [0.717, 1.165) is 42.6 Å². The van der Waals surface area contributed by atoms with Crippen LogP contribution in [0.15, 0.2) is 36.7 Å². The summed E-state index contributed by atoms with van der Waals surface area (Å²) >= 11 is 0. The number of aryl methyl sites for hydroxylation is 2.